The van der Waals surface area contributed by atoms with Gasteiger partial charge in [-0.2, -0.15) is 0 Å². The Labute approximate surface area is 136 Å². The van der Waals surface area contributed by atoms with Crippen LogP contribution in [0, 0.1) is 5.82 Å². The first-order valence-electron chi connectivity index (χ1n) is 8.12. The van der Waals surface area contributed by atoms with E-state index in [4.69, 9.17) is 4.74 Å². The summed E-state index contributed by atoms with van der Waals surface area (Å²) in [6.45, 7) is 1.62. The summed E-state index contributed by atoms with van der Waals surface area (Å²) in [7, 11) is 1.62. The summed E-state index contributed by atoms with van der Waals surface area (Å²) in [6.07, 6.45) is 2.24. The quantitative estimate of drug-likeness (QED) is 0.887. The lowest BCUT2D eigenvalue weighted by Gasteiger charge is -2.34. The van der Waals surface area contributed by atoms with Crippen LogP contribution in [-0.4, -0.2) is 19.7 Å². The van der Waals surface area contributed by atoms with E-state index >= 15 is 0 Å². The summed E-state index contributed by atoms with van der Waals surface area (Å²) in [5, 5.41) is 7.17. The molecule has 2 atom stereocenters. The molecular weight excluding hydrogens is 291 g/mol. The molecule has 2 aromatic rings. The number of rotatable bonds is 5. The summed E-state index contributed by atoms with van der Waals surface area (Å²) in [4.78, 5) is 0. The van der Waals surface area contributed by atoms with Gasteiger partial charge in [0.2, 0.25) is 0 Å². The van der Waals surface area contributed by atoms with Gasteiger partial charge in [-0.05, 0) is 43.1 Å². The van der Waals surface area contributed by atoms with Crippen LogP contribution in [0.4, 0.5) is 4.39 Å². The van der Waals surface area contributed by atoms with Crippen molar-refractivity contribution < 1.29 is 9.13 Å². The fourth-order valence-electron chi connectivity index (χ4n) is 3.25. The molecule has 0 spiro atoms. The molecule has 0 bridgehead atoms. The number of methoxy groups -OCH3 is 1. The van der Waals surface area contributed by atoms with Crippen LogP contribution in [0.25, 0.3) is 0 Å². The standard InChI is InChI=1S/C19H23FN2O/c1-23-18-10-9-16(20)12-15(18)13-22-17-8-5-11-21-19(17)14-6-3-2-4-7-14/h2-4,6-7,9-10,12,17,19,21-22H,5,8,11,13H2,1H3/t17-,19-/m0/s1. The molecule has 0 radical (unpaired) electrons. The Morgan fingerprint density at radius 2 is 2.04 bits per heavy atom. The molecule has 3 rings (SSSR count). The highest BCUT2D eigenvalue weighted by molar-refractivity contribution is 5.34. The lowest BCUT2D eigenvalue weighted by Crippen LogP contribution is -2.45. The van der Waals surface area contributed by atoms with E-state index < -0.39 is 0 Å². The minimum Gasteiger partial charge on any atom is -0.496 e. The second-order valence-corrected chi connectivity index (χ2v) is 5.93. The largest absolute Gasteiger partial charge is 0.496 e. The first-order chi connectivity index (χ1) is 11.3. The highest BCUT2D eigenvalue weighted by Gasteiger charge is 2.25. The van der Waals surface area contributed by atoms with E-state index in [1.165, 1.54) is 11.6 Å². The number of benzene rings is 2. The van der Waals surface area contributed by atoms with Crippen LogP contribution in [0.15, 0.2) is 48.5 Å². The van der Waals surface area contributed by atoms with Crippen molar-refractivity contribution in [2.75, 3.05) is 13.7 Å². The predicted octanol–water partition coefficient (Wildman–Crippen LogP) is 3.42. The SMILES string of the molecule is COc1ccc(F)cc1CN[C@H]1CCCN[C@H]1c1ccccc1. The number of ether oxygens (including phenoxy) is 1. The molecule has 1 fully saturated rings. The van der Waals surface area contributed by atoms with Gasteiger partial charge in [0.25, 0.3) is 0 Å². The molecule has 1 aliphatic rings. The minimum absolute atomic E-state index is 0.232. The molecule has 0 unspecified atom stereocenters. The number of piperidine rings is 1. The molecule has 1 saturated heterocycles. The van der Waals surface area contributed by atoms with E-state index in [2.05, 4.69) is 34.9 Å². The van der Waals surface area contributed by atoms with Crippen molar-refractivity contribution in [3.63, 3.8) is 0 Å². The molecule has 0 amide bonds. The predicted molar refractivity (Wildman–Crippen MR) is 90.0 cm³/mol. The van der Waals surface area contributed by atoms with Crippen LogP contribution in [0.1, 0.15) is 30.0 Å². The Balaban J connectivity index is 1.72. The highest BCUT2D eigenvalue weighted by Crippen LogP contribution is 2.25. The second-order valence-electron chi connectivity index (χ2n) is 5.93. The fraction of sp³-hybridized carbons (Fsp3) is 0.368. The third-order valence-electron chi connectivity index (χ3n) is 4.41. The number of hydrogen-bond acceptors (Lipinski definition) is 3. The number of halogens is 1. The van der Waals surface area contributed by atoms with Crippen LogP contribution in [0.3, 0.4) is 0 Å². The monoisotopic (exact) mass is 314 g/mol. The molecule has 0 saturated carbocycles. The zero-order valence-corrected chi connectivity index (χ0v) is 13.4. The van der Waals surface area contributed by atoms with E-state index in [1.54, 1.807) is 19.2 Å². The topological polar surface area (TPSA) is 33.3 Å². The normalized spacial score (nSPS) is 21.1. The third kappa shape index (κ3) is 3.89. The lowest BCUT2D eigenvalue weighted by atomic mass is 9.92. The van der Waals surface area contributed by atoms with Crippen LogP contribution in [-0.2, 0) is 6.54 Å². The molecule has 1 aliphatic heterocycles. The fourth-order valence-corrected chi connectivity index (χ4v) is 3.25. The van der Waals surface area contributed by atoms with Gasteiger partial charge in [-0.3, -0.25) is 0 Å². The van der Waals surface area contributed by atoms with Crippen molar-refractivity contribution in [3.05, 3.63) is 65.5 Å². The maximum Gasteiger partial charge on any atom is 0.123 e. The van der Waals surface area contributed by atoms with Gasteiger partial charge in [-0.15, -0.1) is 0 Å². The van der Waals surface area contributed by atoms with Crippen molar-refractivity contribution >= 4 is 0 Å². The molecule has 23 heavy (non-hydrogen) atoms. The van der Waals surface area contributed by atoms with Gasteiger partial charge in [-0.25, -0.2) is 4.39 Å². The molecule has 1 heterocycles. The molecule has 122 valence electrons. The average molecular weight is 314 g/mol. The third-order valence-corrected chi connectivity index (χ3v) is 4.41. The van der Waals surface area contributed by atoms with E-state index in [0.717, 1.165) is 30.7 Å². The number of nitrogens with one attached hydrogen (secondary N) is 2. The maximum absolute atomic E-state index is 13.5. The molecule has 3 nitrogen and oxygen atoms in total. The van der Waals surface area contributed by atoms with Gasteiger partial charge < -0.3 is 15.4 Å². The van der Waals surface area contributed by atoms with E-state index in [9.17, 15) is 4.39 Å². The first kappa shape index (κ1) is 16.0. The van der Waals surface area contributed by atoms with Crippen molar-refractivity contribution in [2.45, 2.75) is 31.5 Å². The Hall–Kier alpha value is -1.91. The van der Waals surface area contributed by atoms with Gasteiger partial charge in [0, 0.05) is 24.2 Å². The van der Waals surface area contributed by atoms with E-state index in [-0.39, 0.29) is 11.9 Å². The maximum atomic E-state index is 13.5. The average Bonchev–Trinajstić information content (AvgIpc) is 2.61. The zero-order chi connectivity index (χ0) is 16.1. The summed E-state index contributed by atoms with van der Waals surface area (Å²) in [5.74, 6) is 0.489. The van der Waals surface area contributed by atoms with Gasteiger partial charge >= 0.3 is 0 Å². The van der Waals surface area contributed by atoms with Crippen LogP contribution in [0.5, 0.6) is 5.75 Å². The van der Waals surface area contributed by atoms with Crippen molar-refractivity contribution in [1.82, 2.24) is 10.6 Å². The van der Waals surface area contributed by atoms with Crippen LogP contribution < -0.4 is 15.4 Å². The second kappa shape index (κ2) is 7.57. The molecule has 0 aromatic heterocycles. The Bertz CT molecular complexity index is 633. The lowest BCUT2D eigenvalue weighted by molar-refractivity contribution is 0.302. The Morgan fingerprint density at radius 1 is 1.22 bits per heavy atom. The van der Waals surface area contributed by atoms with Crippen molar-refractivity contribution in [1.29, 1.82) is 0 Å². The van der Waals surface area contributed by atoms with Crippen molar-refractivity contribution in [3.8, 4) is 5.75 Å². The summed E-state index contributed by atoms with van der Waals surface area (Å²) < 4.78 is 18.8. The Kier molecular flexibility index (Phi) is 5.26. The van der Waals surface area contributed by atoms with Gasteiger partial charge in [0.1, 0.15) is 11.6 Å². The summed E-state index contributed by atoms with van der Waals surface area (Å²) in [6, 6.07) is 15.7. The molecular formula is C19H23FN2O. The zero-order valence-electron chi connectivity index (χ0n) is 13.4. The van der Waals surface area contributed by atoms with Gasteiger partial charge in [-0.1, -0.05) is 30.3 Å². The van der Waals surface area contributed by atoms with Gasteiger partial charge in [0.05, 0.1) is 7.11 Å². The molecule has 4 heteroatoms. The smallest absolute Gasteiger partial charge is 0.123 e. The molecule has 2 aromatic carbocycles. The van der Waals surface area contributed by atoms with Crippen molar-refractivity contribution in [2.24, 2.45) is 0 Å². The van der Waals surface area contributed by atoms with Crippen LogP contribution >= 0.6 is 0 Å². The highest BCUT2D eigenvalue weighted by atomic mass is 19.1. The molecule has 0 aliphatic carbocycles. The van der Waals surface area contributed by atoms with Crippen LogP contribution in [0.2, 0.25) is 0 Å². The number of hydrogen-bond donors (Lipinski definition) is 2. The molecule has 2 N–H and O–H groups in total. The van der Waals surface area contributed by atoms with Gasteiger partial charge in [0.15, 0.2) is 0 Å². The van der Waals surface area contributed by atoms with E-state index in [1.807, 2.05) is 6.07 Å². The van der Waals surface area contributed by atoms with E-state index in [0.29, 0.717) is 12.6 Å². The first-order valence-corrected chi connectivity index (χ1v) is 8.12. The summed E-state index contributed by atoms with van der Waals surface area (Å²) in [5.41, 5.74) is 2.14. The minimum atomic E-state index is -0.232. The summed E-state index contributed by atoms with van der Waals surface area (Å²) >= 11 is 0. The Morgan fingerprint density at radius 3 is 2.83 bits per heavy atom.